The second-order valence-electron chi connectivity index (χ2n) is 6.23. The Balaban J connectivity index is 1.60. The molecule has 0 radical (unpaired) electrons. The van der Waals surface area contributed by atoms with Gasteiger partial charge >= 0.3 is 0 Å². The molecule has 3 aromatic heterocycles. The van der Waals surface area contributed by atoms with E-state index < -0.39 is 5.91 Å². The van der Waals surface area contributed by atoms with Gasteiger partial charge in [0.15, 0.2) is 0 Å². The first-order valence-corrected chi connectivity index (χ1v) is 9.43. The van der Waals surface area contributed by atoms with Crippen LogP contribution in [0, 0.1) is 6.92 Å². The molecular weight excluding hydrogens is 370 g/mol. The number of carbonyl (C=O) groups is 1. The van der Waals surface area contributed by atoms with Crippen molar-refractivity contribution < 1.29 is 4.79 Å². The molecule has 3 N–H and O–H groups in total. The molecule has 4 aromatic rings. The molecule has 6 nitrogen and oxygen atoms in total. The number of thiazole rings is 1. The van der Waals surface area contributed by atoms with Crippen molar-refractivity contribution in [3.63, 3.8) is 0 Å². The van der Waals surface area contributed by atoms with E-state index in [1.54, 1.807) is 30.6 Å². The van der Waals surface area contributed by atoms with E-state index >= 15 is 0 Å². The Kier molecular flexibility index (Phi) is 4.82. The predicted molar refractivity (Wildman–Crippen MR) is 112 cm³/mol. The molecule has 7 heteroatoms. The van der Waals surface area contributed by atoms with Gasteiger partial charge in [0.05, 0.1) is 10.6 Å². The number of primary amides is 1. The summed E-state index contributed by atoms with van der Waals surface area (Å²) in [6, 6.07) is 16.8. The molecule has 138 valence electrons. The van der Waals surface area contributed by atoms with E-state index in [1.165, 1.54) is 11.3 Å². The van der Waals surface area contributed by atoms with E-state index in [0.29, 0.717) is 11.4 Å². The smallest absolute Gasteiger partial charge is 0.248 e. The van der Waals surface area contributed by atoms with Crippen molar-refractivity contribution >= 4 is 28.9 Å². The van der Waals surface area contributed by atoms with Crippen molar-refractivity contribution in [3.05, 3.63) is 78.1 Å². The van der Waals surface area contributed by atoms with Gasteiger partial charge in [-0.25, -0.2) is 15.0 Å². The fraction of sp³-hybridized carbons (Fsp3) is 0.0476. The summed E-state index contributed by atoms with van der Waals surface area (Å²) in [5.74, 6) is 1.00. The van der Waals surface area contributed by atoms with Crippen LogP contribution in [-0.4, -0.2) is 20.9 Å². The van der Waals surface area contributed by atoms with E-state index in [-0.39, 0.29) is 0 Å². The fourth-order valence-corrected chi connectivity index (χ4v) is 3.59. The van der Waals surface area contributed by atoms with Gasteiger partial charge < -0.3 is 11.1 Å². The Bertz CT molecular complexity index is 1150. The highest BCUT2D eigenvalue weighted by molar-refractivity contribution is 7.18. The number of nitrogens with one attached hydrogen (secondary N) is 1. The predicted octanol–water partition coefficient (Wildman–Crippen LogP) is 4.42. The molecule has 4 rings (SSSR count). The molecule has 0 saturated carbocycles. The molecule has 0 bridgehead atoms. The third kappa shape index (κ3) is 3.89. The molecular formula is C21H17N5OS. The summed E-state index contributed by atoms with van der Waals surface area (Å²) in [6.07, 6.45) is 3.55. The normalized spacial score (nSPS) is 10.6. The molecule has 0 spiro atoms. The van der Waals surface area contributed by atoms with Crippen LogP contribution in [0.15, 0.2) is 67.0 Å². The summed E-state index contributed by atoms with van der Waals surface area (Å²) in [5, 5.41) is 4.03. The Labute approximate surface area is 166 Å². The summed E-state index contributed by atoms with van der Waals surface area (Å²) in [6.45, 7) is 2.02. The first-order chi connectivity index (χ1) is 13.6. The van der Waals surface area contributed by atoms with Crippen LogP contribution in [-0.2, 0) is 0 Å². The molecule has 0 aliphatic rings. The lowest BCUT2D eigenvalue weighted by atomic mass is 10.1. The molecule has 0 unspecified atom stereocenters. The quantitative estimate of drug-likeness (QED) is 0.529. The van der Waals surface area contributed by atoms with Crippen LogP contribution in [0.25, 0.3) is 21.1 Å². The maximum absolute atomic E-state index is 11.4. The van der Waals surface area contributed by atoms with E-state index in [0.717, 1.165) is 32.5 Å². The second-order valence-corrected chi connectivity index (χ2v) is 7.26. The molecule has 3 heterocycles. The van der Waals surface area contributed by atoms with Crippen molar-refractivity contribution in [2.24, 2.45) is 5.73 Å². The number of nitrogens with zero attached hydrogens (tertiary/aromatic N) is 3. The minimum atomic E-state index is -0.455. The topological polar surface area (TPSA) is 93.8 Å². The SMILES string of the molecule is Cc1ccnc(Nc2cccc(-c3cnc(-c4cccc(C(N)=O)c4)s3)n2)c1. The van der Waals surface area contributed by atoms with Gasteiger partial charge in [-0.2, -0.15) is 0 Å². The number of anilines is 2. The van der Waals surface area contributed by atoms with Gasteiger partial charge in [-0.15, -0.1) is 11.3 Å². The van der Waals surface area contributed by atoms with Crippen LogP contribution >= 0.6 is 11.3 Å². The first kappa shape index (κ1) is 17.8. The van der Waals surface area contributed by atoms with Gasteiger partial charge in [0, 0.05) is 23.5 Å². The zero-order chi connectivity index (χ0) is 19.5. The Morgan fingerprint density at radius 2 is 1.89 bits per heavy atom. The number of rotatable bonds is 5. The van der Waals surface area contributed by atoms with Crippen LogP contribution in [0.2, 0.25) is 0 Å². The third-order valence-electron chi connectivity index (χ3n) is 4.07. The van der Waals surface area contributed by atoms with Crippen LogP contribution in [0.3, 0.4) is 0 Å². The van der Waals surface area contributed by atoms with Crippen molar-refractivity contribution in [1.82, 2.24) is 15.0 Å². The number of carbonyl (C=O) groups excluding carboxylic acids is 1. The molecule has 0 aliphatic carbocycles. The maximum Gasteiger partial charge on any atom is 0.248 e. The summed E-state index contributed by atoms with van der Waals surface area (Å²) < 4.78 is 0. The number of nitrogens with two attached hydrogens (primary N) is 1. The van der Waals surface area contributed by atoms with Crippen LogP contribution in [0.4, 0.5) is 11.6 Å². The van der Waals surface area contributed by atoms with Gasteiger partial charge in [0.25, 0.3) is 0 Å². The maximum atomic E-state index is 11.4. The standard InChI is InChI=1S/C21H17N5OS/c1-13-8-9-23-19(10-13)26-18-7-3-6-16(25-18)17-12-24-21(28-17)15-5-2-4-14(11-15)20(22)27/h2-12H,1H3,(H2,22,27)(H,23,25,26). The number of aryl methyl sites for hydroxylation is 1. The van der Waals surface area contributed by atoms with Gasteiger partial charge in [-0.05, 0) is 48.9 Å². The summed E-state index contributed by atoms with van der Waals surface area (Å²) in [7, 11) is 0. The molecule has 0 saturated heterocycles. The molecule has 1 amide bonds. The number of benzene rings is 1. The third-order valence-corrected chi connectivity index (χ3v) is 5.14. The van der Waals surface area contributed by atoms with Crippen molar-refractivity contribution in [3.8, 4) is 21.1 Å². The lowest BCUT2D eigenvalue weighted by Crippen LogP contribution is -2.10. The minimum absolute atomic E-state index is 0.455. The Hall–Kier alpha value is -3.58. The van der Waals surface area contributed by atoms with Crippen molar-refractivity contribution in [1.29, 1.82) is 0 Å². The van der Waals surface area contributed by atoms with Gasteiger partial charge in [0.2, 0.25) is 5.91 Å². The molecule has 0 aliphatic heterocycles. The zero-order valence-corrected chi connectivity index (χ0v) is 15.9. The van der Waals surface area contributed by atoms with E-state index in [4.69, 9.17) is 5.73 Å². The molecule has 0 fully saturated rings. The second kappa shape index (κ2) is 7.58. The number of pyridine rings is 2. The molecule has 28 heavy (non-hydrogen) atoms. The summed E-state index contributed by atoms with van der Waals surface area (Å²) in [4.78, 5) is 25.8. The van der Waals surface area contributed by atoms with Crippen LogP contribution in [0.1, 0.15) is 15.9 Å². The summed E-state index contributed by atoms with van der Waals surface area (Å²) in [5.41, 5.74) is 8.62. The highest BCUT2D eigenvalue weighted by Gasteiger charge is 2.10. The average molecular weight is 387 g/mol. The molecule has 0 atom stereocenters. The monoisotopic (exact) mass is 387 g/mol. The lowest BCUT2D eigenvalue weighted by molar-refractivity contribution is 0.100. The van der Waals surface area contributed by atoms with Gasteiger partial charge in [-0.1, -0.05) is 18.2 Å². The Morgan fingerprint density at radius 3 is 2.71 bits per heavy atom. The number of hydrogen-bond acceptors (Lipinski definition) is 6. The largest absolute Gasteiger partial charge is 0.366 e. The molecule has 1 aromatic carbocycles. The summed E-state index contributed by atoms with van der Waals surface area (Å²) >= 11 is 1.51. The van der Waals surface area contributed by atoms with E-state index in [2.05, 4.69) is 20.3 Å². The fourth-order valence-electron chi connectivity index (χ4n) is 2.71. The Morgan fingerprint density at radius 1 is 1.04 bits per heavy atom. The van der Waals surface area contributed by atoms with Gasteiger partial charge in [-0.3, -0.25) is 4.79 Å². The average Bonchev–Trinajstić information content (AvgIpc) is 3.19. The number of aromatic nitrogens is 3. The van der Waals surface area contributed by atoms with Gasteiger partial charge in [0.1, 0.15) is 16.6 Å². The highest BCUT2D eigenvalue weighted by Crippen LogP contribution is 2.32. The number of amides is 1. The van der Waals surface area contributed by atoms with E-state index in [9.17, 15) is 4.79 Å². The zero-order valence-electron chi connectivity index (χ0n) is 15.1. The van der Waals surface area contributed by atoms with E-state index in [1.807, 2.05) is 43.3 Å². The first-order valence-electron chi connectivity index (χ1n) is 8.62. The van der Waals surface area contributed by atoms with Crippen LogP contribution < -0.4 is 11.1 Å². The minimum Gasteiger partial charge on any atom is -0.366 e. The van der Waals surface area contributed by atoms with Crippen LogP contribution in [0.5, 0.6) is 0 Å². The van der Waals surface area contributed by atoms with Crippen molar-refractivity contribution in [2.75, 3.05) is 5.32 Å². The highest BCUT2D eigenvalue weighted by atomic mass is 32.1. The lowest BCUT2D eigenvalue weighted by Gasteiger charge is -2.06. The number of hydrogen-bond donors (Lipinski definition) is 2. The van der Waals surface area contributed by atoms with Crippen molar-refractivity contribution in [2.45, 2.75) is 6.92 Å².